The third kappa shape index (κ3) is 4.02. The highest BCUT2D eigenvalue weighted by Crippen LogP contribution is 2.12. The van der Waals surface area contributed by atoms with Gasteiger partial charge in [0.25, 0.3) is 5.91 Å². The summed E-state index contributed by atoms with van der Waals surface area (Å²) in [5.74, 6) is -0.687. The van der Waals surface area contributed by atoms with Crippen molar-refractivity contribution >= 4 is 39.3 Å². The van der Waals surface area contributed by atoms with Crippen molar-refractivity contribution in [2.24, 2.45) is 0 Å². The van der Waals surface area contributed by atoms with Crippen molar-refractivity contribution in [2.75, 3.05) is 13.7 Å². The summed E-state index contributed by atoms with van der Waals surface area (Å²) in [6.07, 6.45) is 1.61. The fourth-order valence-electron chi connectivity index (χ4n) is 1.26. The van der Waals surface area contributed by atoms with Gasteiger partial charge in [0, 0.05) is 6.54 Å². The predicted octanol–water partition coefficient (Wildman–Crippen LogP) is 1.16. The molecule has 0 aliphatic heterocycles. The smallest absolute Gasteiger partial charge is 0.321 e. The second kappa shape index (κ2) is 7.42. The largest absolute Gasteiger partial charge is 0.468 e. The first-order valence-corrected chi connectivity index (χ1v) is 7.10. The summed E-state index contributed by atoms with van der Waals surface area (Å²) >= 11 is 4.19. The topological polar surface area (TPSA) is 81.2 Å². The van der Waals surface area contributed by atoms with E-state index in [1.807, 2.05) is 6.92 Å². The molecule has 0 saturated carbocycles. The lowest BCUT2D eigenvalue weighted by Gasteiger charge is -2.08. The lowest BCUT2D eigenvalue weighted by Crippen LogP contribution is -2.33. The summed E-state index contributed by atoms with van der Waals surface area (Å²) < 4.78 is 8.31. The second-order valence-corrected chi connectivity index (χ2v) is 5.36. The van der Waals surface area contributed by atoms with E-state index in [9.17, 15) is 9.59 Å². The maximum absolute atomic E-state index is 11.9. The number of alkyl halides is 1. The van der Waals surface area contributed by atoms with Crippen LogP contribution in [0.1, 0.15) is 28.7 Å². The van der Waals surface area contributed by atoms with E-state index in [2.05, 4.69) is 35.6 Å². The standard InChI is InChI=1S/C10H14BrN3O3S/c1-3-4-7-8(18-14-13-7)9(15)12-5-6(11)10(16)17-2/h6H,3-5H2,1-2H3,(H,12,15). The van der Waals surface area contributed by atoms with Gasteiger partial charge in [0.05, 0.1) is 12.8 Å². The molecule has 1 heterocycles. The molecule has 1 rings (SSSR count). The van der Waals surface area contributed by atoms with Gasteiger partial charge in [0.1, 0.15) is 9.70 Å². The number of nitrogens with one attached hydrogen (secondary N) is 1. The molecule has 1 amide bonds. The van der Waals surface area contributed by atoms with Crippen molar-refractivity contribution in [3.8, 4) is 0 Å². The maximum Gasteiger partial charge on any atom is 0.321 e. The van der Waals surface area contributed by atoms with Crippen LogP contribution < -0.4 is 5.32 Å². The molecule has 1 N–H and O–H groups in total. The Morgan fingerprint density at radius 3 is 2.89 bits per heavy atom. The van der Waals surface area contributed by atoms with E-state index in [1.165, 1.54) is 7.11 Å². The molecule has 1 aromatic rings. The van der Waals surface area contributed by atoms with Crippen LogP contribution in [0.15, 0.2) is 0 Å². The molecule has 0 aromatic carbocycles. The Hall–Kier alpha value is -1.02. The van der Waals surface area contributed by atoms with Crippen LogP contribution in [0.3, 0.4) is 0 Å². The van der Waals surface area contributed by atoms with Crippen molar-refractivity contribution in [3.63, 3.8) is 0 Å². The Kier molecular flexibility index (Phi) is 6.20. The number of methoxy groups -OCH3 is 1. The highest BCUT2D eigenvalue weighted by Gasteiger charge is 2.19. The Labute approximate surface area is 117 Å². The van der Waals surface area contributed by atoms with Crippen LogP contribution >= 0.6 is 27.5 Å². The highest BCUT2D eigenvalue weighted by atomic mass is 79.9. The Morgan fingerprint density at radius 1 is 1.56 bits per heavy atom. The molecule has 8 heteroatoms. The number of carbonyl (C=O) groups excluding carboxylic acids is 2. The zero-order chi connectivity index (χ0) is 13.5. The fraction of sp³-hybridized carbons (Fsp3) is 0.600. The molecule has 1 unspecified atom stereocenters. The summed E-state index contributed by atoms with van der Waals surface area (Å²) in [4.78, 5) is 22.9. The van der Waals surface area contributed by atoms with Crippen LogP contribution in [0.4, 0.5) is 0 Å². The normalized spacial score (nSPS) is 11.9. The van der Waals surface area contributed by atoms with E-state index >= 15 is 0 Å². The van der Waals surface area contributed by atoms with E-state index in [0.29, 0.717) is 17.0 Å². The minimum absolute atomic E-state index is 0.162. The molecular formula is C10H14BrN3O3S. The van der Waals surface area contributed by atoms with Crippen LogP contribution in [0, 0.1) is 0 Å². The molecule has 0 radical (unpaired) electrons. The molecule has 0 saturated heterocycles. The number of esters is 1. The number of aromatic nitrogens is 2. The molecule has 0 aliphatic carbocycles. The van der Waals surface area contributed by atoms with E-state index < -0.39 is 10.8 Å². The van der Waals surface area contributed by atoms with Gasteiger partial charge in [-0.05, 0) is 18.0 Å². The number of aryl methyl sites for hydroxylation is 1. The average molecular weight is 336 g/mol. The molecule has 100 valence electrons. The molecule has 1 atom stereocenters. The van der Waals surface area contributed by atoms with Gasteiger partial charge in [0.2, 0.25) is 0 Å². The summed E-state index contributed by atoms with van der Waals surface area (Å²) in [5, 5.41) is 6.55. The van der Waals surface area contributed by atoms with E-state index in [0.717, 1.165) is 18.0 Å². The number of ether oxygens (including phenoxy) is 1. The van der Waals surface area contributed by atoms with Crippen LogP contribution in [0.25, 0.3) is 0 Å². The number of carbonyl (C=O) groups is 2. The number of halogens is 1. The third-order valence-corrected chi connectivity index (χ3v) is 3.61. The number of amides is 1. The Morgan fingerprint density at radius 2 is 2.28 bits per heavy atom. The SMILES string of the molecule is CCCc1nnsc1C(=O)NCC(Br)C(=O)OC. The van der Waals surface area contributed by atoms with Gasteiger partial charge in [-0.3, -0.25) is 9.59 Å². The monoisotopic (exact) mass is 335 g/mol. The first-order chi connectivity index (χ1) is 8.60. The zero-order valence-electron chi connectivity index (χ0n) is 10.1. The zero-order valence-corrected chi connectivity index (χ0v) is 12.5. The van der Waals surface area contributed by atoms with Gasteiger partial charge in [0.15, 0.2) is 0 Å². The van der Waals surface area contributed by atoms with Gasteiger partial charge in [-0.1, -0.05) is 33.8 Å². The second-order valence-electron chi connectivity index (χ2n) is 3.50. The Bertz CT molecular complexity index is 424. The molecule has 0 fully saturated rings. The van der Waals surface area contributed by atoms with Crippen LogP contribution in [-0.2, 0) is 16.0 Å². The number of hydrogen-bond acceptors (Lipinski definition) is 6. The molecule has 0 bridgehead atoms. The summed E-state index contributed by atoms with van der Waals surface area (Å²) in [7, 11) is 1.30. The summed E-state index contributed by atoms with van der Waals surface area (Å²) in [5.41, 5.74) is 0.698. The Balaban J connectivity index is 2.55. The number of nitrogens with zero attached hydrogens (tertiary/aromatic N) is 2. The van der Waals surface area contributed by atoms with Gasteiger partial charge < -0.3 is 10.1 Å². The van der Waals surface area contributed by atoms with E-state index in [4.69, 9.17) is 0 Å². The number of hydrogen-bond donors (Lipinski definition) is 1. The van der Waals surface area contributed by atoms with E-state index in [-0.39, 0.29) is 12.5 Å². The minimum Gasteiger partial charge on any atom is -0.468 e. The third-order valence-electron chi connectivity index (χ3n) is 2.15. The summed E-state index contributed by atoms with van der Waals surface area (Å²) in [6.45, 7) is 2.17. The van der Waals surface area contributed by atoms with Crippen LogP contribution in [-0.4, -0.2) is 39.9 Å². The van der Waals surface area contributed by atoms with Crippen LogP contribution in [0.2, 0.25) is 0 Å². The molecule has 18 heavy (non-hydrogen) atoms. The van der Waals surface area contributed by atoms with Crippen molar-refractivity contribution in [1.82, 2.24) is 14.9 Å². The van der Waals surface area contributed by atoms with Crippen molar-refractivity contribution in [3.05, 3.63) is 10.6 Å². The maximum atomic E-state index is 11.9. The first-order valence-electron chi connectivity index (χ1n) is 5.41. The fourth-order valence-corrected chi connectivity index (χ4v) is 2.23. The van der Waals surface area contributed by atoms with Gasteiger partial charge in [-0.2, -0.15) is 0 Å². The van der Waals surface area contributed by atoms with Crippen molar-refractivity contribution < 1.29 is 14.3 Å². The van der Waals surface area contributed by atoms with Crippen LogP contribution in [0.5, 0.6) is 0 Å². The van der Waals surface area contributed by atoms with Gasteiger partial charge in [-0.15, -0.1) is 5.10 Å². The molecular weight excluding hydrogens is 322 g/mol. The molecule has 6 nitrogen and oxygen atoms in total. The quantitative estimate of drug-likeness (QED) is 0.623. The minimum atomic E-state index is -0.554. The summed E-state index contributed by atoms with van der Waals surface area (Å²) in [6, 6.07) is 0. The van der Waals surface area contributed by atoms with Crippen molar-refractivity contribution in [2.45, 2.75) is 24.6 Å². The lowest BCUT2D eigenvalue weighted by atomic mass is 10.2. The first kappa shape index (κ1) is 15.0. The average Bonchev–Trinajstić information content (AvgIpc) is 2.83. The molecule has 0 spiro atoms. The van der Waals surface area contributed by atoms with Gasteiger partial charge in [-0.25, -0.2) is 0 Å². The number of rotatable bonds is 6. The molecule has 1 aromatic heterocycles. The predicted molar refractivity (Wildman–Crippen MR) is 71.0 cm³/mol. The molecule has 0 aliphatic rings. The van der Waals surface area contributed by atoms with E-state index in [1.54, 1.807) is 0 Å². The lowest BCUT2D eigenvalue weighted by molar-refractivity contribution is -0.139. The highest BCUT2D eigenvalue weighted by molar-refractivity contribution is 9.10. The van der Waals surface area contributed by atoms with Gasteiger partial charge >= 0.3 is 5.97 Å². The van der Waals surface area contributed by atoms with Crippen molar-refractivity contribution in [1.29, 1.82) is 0 Å².